The number of hydrogen-bond donors (Lipinski definition) is 1. The number of amides is 1. The molecular formula is C21H30N2O2. The van der Waals surface area contributed by atoms with Crippen LogP contribution in [0.15, 0.2) is 30.3 Å². The predicted molar refractivity (Wildman–Crippen MR) is 99.0 cm³/mol. The fourth-order valence-electron chi connectivity index (χ4n) is 4.36. The summed E-state index contributed by atoms with van der Waals surface area (Å²) in [6.45, 7) is 6.99. The van der Waals surface area contributed by atoms with E-state index in [0.29, 0.717) is 31.6 Å². The normalized spacial score (nSPS) is 30.4. The van der Waals surface area contributed by atoms with Crippen molar-refractivity contribution < 1.29 is 9.59 Å². The third kappa shape index (κ3) is 4.30. The molecule has 1 aromatic rings. The quantitative estimate of drug-likeness (QED) is 0.894. The molecule has 1 N–H and O–H groups in total. The molecule has 3 rings (SSSR count). The molecule has 136 valence electrons. The highest BCUT2D eigenvalue weighted by Gasteiger charge is 2.38. The maximum atomic E-state index is 12.6. The molecule has 1 amide bonds. The minimum absolute atomic E-state index is 0.00900. The lowest BCUT2D eigenvalue weighted by atomic mass is 9.79. The van der Waals surface area contributed by atoms with Gasteiger partial charge in [0.15, 0.2) is 0 Å². The Bertz CT molecular complexity index is 616. The van der Waals surface area contributed by atoms with E-state index in [1.54, 1.807) is 0 Å². The molecule has 25 heavy (non-hydrogen) atoms. The van der Waals surface area contributed by atoms with Crippen molar-refractivity contribution in [1.29, 1.82) is 0 Å². The molecule has 0 spiro atoms. The van der Waals surface area contributed by atoms with Crippen molar-refractivity contribution in [2.45, 2.75) is 58.0 Å². The van der Waals surface area contributed by atoms with Gasteiger partial charge in [0, 0.05) is 37.4 Å². The lowest BCUT2D eigenvalue weighted by Gasteiger charge is -2.36. The number of ketones is 1. The number of carbonyl (C=O) groups excluding carboxylic acids is 2. The average molecular weight is 342 g/mol. The first-order valence-corrected chi connectivity index (χ1v) is 9.56. The minimum Gasteiger partial charge on any atom is -0.354 e. The zero-order valence-electron chi connectivity index (χ0n) is 15.5. The van der Waals surface area contributed by atoms with E-state index in [4.69, 9.17) is 0 Å². The van der Waals surface area contributed by atoms with E-state index in [-0.39, 0.29) is 23.3 Å². The van der Waals surface area contributed by atoms with Crippen LogP contribution in [-0.2, 0) is 16.1 Å². The fourth-order valence-corrected chi connectivity index (χ4v) is 4.36. The first kappa shape index (κ1) is 18.1. The SMILES string of the molecule is CC1CC(=O)CCC1C(=O)NCC1(C)CCCN1Cc1ccccc1. The van der Waals surface area contributed by atoms with Crippen LogP contribution in [0.3, 0.4) is 0 Å². The highest BCUT2D eigenvalue weighted by atomic mass is 16.2. The van der Waals surface area contributed by atoms with Crippen LogP contribution < -0.4 is 5.32 Å². The van der Waals surface area contributed by atoms with Crippen LogP contribution in [0.4, 0.5) is 0 Å². The highest BCUT2D eigenvalue weighted by Crippen LogP contribution is 2.31. The van der Waals surface area contributed by atoms with Gasteiger partial charge in [-0.05, 0) is 44.2 Å². The number of benzene rings is 1. The maximum Gasteiger partial charge on any atom is 0.223 e. The van der Waals surface area contributed by atoms with E-state index < -0.39 is 0 Å². The van der Waals surface area contributed by atoms with Gasteiger partial charge < -0.3 is 5.32 Å². The van der Waals surface area contributed by atoms with E-state index in [1.807, 2.05) is 13.0 Å². The fraction of sp³-hybridized carbons (Fsp3) is 0.619. The molecule has 1 aliphatic heterocycles. The van der Waals surface area contributed by atoms with Gasteiger partial charge in [0.1, 0.15) is 5.78 Å². The van der Waals surface area contributed by atoms with Gasteiger partial charge in [-0.25, -0.2) is 0 Å². The second-order valence-electron chi connectivity index (χ2n) is 8.09. The van der Waals surface area contributed by atoms with Crippen LogP contribution in [0.5, 0.6) is 0 Å². The number of rotatable bonds is 5. The Morgan fingerprint density at radius 3 is 2.80 bits per heavy atom. The molecule has 3 unspecified atom stereocenters. The molecule has 2 fully saturated rings. The average Bonchev–Trinajstić information content (AvgIpc) is 2.95. The summed E-state index contributed by atoms with van der Waals surface area (Å²) in [4.78, 5) is 26.7. The van der Waals surface area contributed by atoms with Gasteiger partial charge >= 0.3 is 0 Å². The van der Waals surface area contributed by atoms with E-state index in [2.05, 4.69) is 41.4 Å². The molecule has 1 saturated heterocycles. The highest BCUT2D eigenvalue weighted by molar-refractivity contribution is 5.85. The maximum absolute atomic E-state index is 12.6. The number of hydrogen-bond acceptors (Lipinski definition) is 3. The van der Waals surface area contributed by atoms with Gasteiger partial charge in [0.25, 0.3) is 0 Å². The molecule has 4 heteroatoms. The van der Waals surface area contributed by atoms with Gasteiger partial charge in [0.2, 0.25) is 5.91 Å². The first-order valence-electron chi connectivity index (χ1n) is 9.56. The number of Topliss-reactive ketones (excluding diaryl/α,β-unsaturated/α-hetero) is 1. The van der Waals surface area contributed by atoms with Gasteiger partial charge in [0.05, 0.1) is 0 Å². The molecule has 0 aromatic heterocycles. The second kappa shape index (κ2) is 7.69. The Kier molecular flexibility index (Phi) is 5.57. The molecule has 0 bridgehead atoms. The number of nitrogens with one attached hydrogen (secondary N) is 1. The second-order valence-corrected chi connectivity index (χ2v) is 8.09. The minimum atomic E-state index is -0.00900. The van der Waals surface area contributed by atoms with Crippen LogP contribution in [-0.4, -0.2) is 35.2 Å². The summed E-state index contributed by atoms with van der Waals surface area (Å²) in [6.07, 6.45) is 4.10. The summed E-state index contributed by atoms with van der Waals surface area (Å²) in [5.41, 5.74) is 1.33. The van der Waals surface area contributed by atoms with Crippen molar-refractivity contribution in [3.05, 3.63) is 35.9 Å². The molecule has 0 radical (unpaired) electrons. The lowest BCUT2D eigenvalue weighted by molar-refractivity contribution is -0.131. The largest absolute Gasteiger partial charge is 0.354 e. The Hall–Kier alpha value is -1.68. The zero-order valence-corrected chi connectivity index (χ0v) is 15.5. The first-order chi connectivity index (χ1) is 12.0. The van der Waals surface area contributed by atoms with Crippen molar-refractivity contribution in [1.82, 2.24) is 10.2 Å². The van der Waals surface area contributed by atoms with Crippen LogP contribution in [0.2, 0.25) is 0 Å². The van der Waals surface area contributed by atoms with E-state index in [0.717, 1.165) is 19.5 Å². The van der Waals surface area contributed by atoms with Crippen molar-refractivity contribution in [2.75, 3.05) is 13.1 Å². The van der Waals surface area contributed by atoms with Gasteiger partial charge in [-0.3, -0.25) is 14.5 Å². The van der Waals surface area contributed by atoms with Gasteiger partial charge in [-0.15, -0.1) is 0 Å². The van der Waals surface area contributed by atoms with Crippen molar-refractivity contribution in [2.24, 2.45) is 11.8 Å². The Morgan fingerprint density at radius 2 is 2.08 bits per heavy atom. The summed E-state index contributed by atoms with van der Waals surface area (Å²) >= 11 is 0. The number of nitrogens with zero attached hydrogens (tertiary/aromatic N) is 1. The third-order valence-corrected chi connectivity index (χ3v) is 6.07. The van der Waals surface area contributed by atoms with Crippen molar-refractivity contribution in [3.8, 4) is 0 Å². The molecule has 1 aliphatic carbocycles. The molecular weight excluding hydrogens is 312 g/mol. The predicted octanol–water partition coefficient (Wildman–Crippen LogP) is 3.16. The number of likely N-dealkylation sites (tertiary alicyclic amines) is 1. The van der Waals surface area contributed by atoms with Gasteiger partial charge in [-0.2, -0.15) is 0 Å². The summed E-state index contributed by atoms with van der Waals surface area (Å²) in [5, 5.41) is 3.20. The topological polar surface area (TPSA) is 49.4 Å². The van der Waals surface area contributed by atoms with Gasteiger partial charge in [-0.1, -0.05) is 37.3 Å². The molecule has 1 saturated carbocycles. The molecule has 4 nitrogen and oxygen atoms in total. The summed E-state index contributed by atoms with van der Waals surface area (Å²) in [7, 11) is 0. The summed E-state index contributed by atoms with van der Waals surface area (Å²) < 4.78 is 0. The lowest BCUT2D eigenvalue weighted by Crippen LogP contribution is -2.51. The van der Waals surface area contributed by atoms with Crippen LogP contribution >= 0.6 is 0 Å². The van der Waals surface area contributed by atoms with E-state index in [9.17, 15) is 9.59 Å². The Labute approximate surface area is 151 Å². The standard InChI is InChI=1S/C21H30N2O2/c1-16-13-18(24)9-10-19(16)20(25)22-15-21(2)11-6-12-23(21)14-17-7-4-3-5-8-17/h3-5,7-8,16,19H,6,9-15H2,1-2H3,(H,22,25). The molecule has 1 aromatic carbocycles. The Balaban J connectivity index is 1.57. The van der Waals surface area contributed by atoms with Crippen LogP contribution in [0.25, 0.3) is 0 Å². The smallest absolute Gasteiger partial charge is 0.223 e. The summed E-state index contributed by atoms with van der Waals surface area (Å²) in [5.74, 6) is 0.587. The van der Waals surface area contributed by atoms with E-state index in [1.165, 1.54) is 12.0 Å². The van der Waals surface area contributed by atoms with E-state index >= 15 is 0 Å². The monoisotopic (exact) mass is 342 g/mol. The van der Waals surface area contributed by atoms with Crippen LogP contribution in [0, 0.1) is 11.8 Å². The summed E-state index contributed by atoms with van der Waals surface area (Å²) in [6, 6.07) is 10.5. The van der Waals surface area contributed by atoms with Crippen molar-refractivity contribution in [3.63, 3.8) is 0 Å². The van der Waals surface area contributed by atoms with Crippen LogP contribution in [0.1, 0.15) is 51.5 Å². The third-order valence-electron chi connectivity index (χ3n) is 6.07. The number of carbonyl (C=O) groups is 2. The zero-order chi connectivity index (χ0) is 17.9. The molecule has 2 aliphatic rings. The Morgan fingerprint density at radius 1 is 1.32 bits per heavy atom. The van der Waals surface area contributed by atoms with Crippen molar-refractivity contribution >= 4 is 11.7 Å². The molecule has 1 heterocycles. The molecule has 3 atom stereocenters.